The van der Waals surface area contributed by atoms with Gasteiger partial charge < -0.3 is 20.7 Å². The number of ether oxygens (including phenoxy) is 1. The van der Waals surface area contributed by atoms with Gasteiger partial charge in [0.2, 0.25) is 5.88 Å². The number of likely N-dealkylation sites (tertiary alicyclic amines) is 1. The van der Waals surface area contributed by atoms with Crippen LogP contribution in [0.4, 0.5) is 11.5 Å². The van der Waals surface area contributed by atoms with Crippen LogP contribution in [0.15, 0.2) is 12.1 Å². The summed E-state index contributed by atoms with van der Waals surface area (Å²) in [5, 5.41) is 3.44. The zero-order chi connectivity index (χ0) is 13.8. The van der Waals surface area contributed by atoms with Crippen molar-refractivity contribution < 1.29 is 4.74 Å². The molecule has 0 radical (unpaired) electrons. The first-order chi connectivity index (χ1) is 9.04. The zero-order valence-electron chi connectivity index (χ0n) is 12.0. The Hall–Kier alpha value is -1.49. The van der Waals surface area contributed by atoms with Crippen LogP contribution in [0.3, 0.4) is 0 Å². The summed E-state index contributed by atoms with van der Waals surface area (Å²) >= 11 is 0. The van der Waals surface area contributed by atoms with Crippen LogP contribution in [0.5, 0.6) is 5.88 Å². The number of aromatic nitrogens is 1. The second-order valence-electron chi connectivity index (χ2n) is 5.69. The van der Waals surface area contributed by atoms with Crippen LogP contribution in [-0.4, -0.2) is 42.7 Å². The number of likely N-dealkylation sites (N-methyl/N-ethyl adjacent to an activating group) is 1. The minimum atomic E-state index is 0.457. The molecule has 2 rings (SSSR count). The third kappa shape index (κ3) is 3.99. The lowest BCUT2D eigenvalue weighted by molar-refractivity contribution is 0.263. The molecule has 3 N–H and O–H groups in total. The van der Waals surface area contributed by atoms with Gasteiger partial charge in [-0.2, -0.15) is 4.98 Å². The smallest absolute Gasteiger partial charge is 0.239 e. The molecule has 106 valence electrons. The van der Waals surface area contributed by atoms with Crippen molar-refractivity contribution in [3.8, 4) is 5.88 Å². The number of nitrogens with two attached hydrogens (primary N) is 1. The molecular weight excluding hydrogens is 240 g/mol. The molecule has 0 bridgehead atoms. The first kappa shape index (κ1) is 13.9. The fraction of sp³-hybridized carbons (Fsp3) is 0.643. The van der Waals surface area contributed by atoms with Crippen LogP contribution in [-0.2, 0) is 0 Å². The summed E-state index contributed by atoms with van der Waals surface area (Å²) in [5.74, 6) is 1.83. The molecule has 5 heteroatoms. The minimum Gasteiger partial charge on any atom is -0.476 e. The van der Waals surface area contributed by atoms with Gasteiger partial charge in [0.05, 0.1) is 12.3 Å². The quantitative estimate of drug-likeness (QED) is 0.849. The molecule has 1 aliphatic heterocycles. The third-order valence-corrected chi connectivity index (χ3v) is 3.19. The lowest BCUT2D eigenvalue weighted by atomic mass is 10.2. The Labute approximate surface area is 115 Å². The Morgan fingerprint density at radius 3 is 2.95 bits per heavy atom. The Bertz CT molecular complexity index is 422. The SMILES string of the molecule is CC(C)COc1nc(NC2CCN(C)C2)ccc1N. The van der Waals surface area contributed by atoms with E-state index < -0.39 is 0 Å². The Kier molecular flexibility index (Phi) is 4.47. The first-order valence-electron chi connectivity index (χ1n) is 6.89. The lowest BCUT2D eigenvalue weighted by Crippen LogP contribution is -2.24. The van der Waals surface area contributed by atoms with Crippen LogP contribution >= 0.6 is 0 Å². The molecular formula is C14H24N4O. The van der Waals surface area contributed by atoms with Crippen LogP contribution in [0.2, 0.25) is 0 Å². The maximum atomic E-state index is 5.88. The molecule has 1 aromatic rings. The van der Waals surface area contributed by atoms with Gasteiger partial charge in [-0.3, -0.25) is 0 Å². The highest BCUT2D eigenvalue weighted by Gasteiger charge is 2.19. The number of nitrogens with zero attached hydrogens (tertiary/aromatic N) is 2. The lowest BCUT2D eigenvalue weighted by Gasteiger charge is -2.15. The van der Waals surface area contributed by atoms with Crippen molar-refractivity contribution in [1.82, 2.24) is 9.88 Å². The molecule has 0 aromatic carbocycles. The van der Waals surface area contributed by atoms with Crippen molar-refractivity contribution in [2.45, 2.75) is 26.3 Å². The zero-order valence-corrected chi connectivity index (χ0v) is 12.0. The fourth-order valence-electron chi connectivity index (χ4n) is 2.15. The molecule has 0 amide bonds. The predicted molar refractivity (Wildman–Crippen MR) is 78.5 cm³/mol. The van der Waals surface area contributed by atoms with Crippen molar-refractivity contribution in [3.05, 3.63) is 12.1 Å². The monoisotopic (exact) mass is 264 g/mol. The van der Waals surface area contributed by atoms with E-state index >= 15 is 0 Å². The van der Waals surface area contributed by atoms with E-state index in [1.54, 1.807) is 0 Å². The highest BCUT2D eigenvalue weighted by Crippen LogP contribution is 2.22. The van der Waals surface area contributed by atoms with Gasteiger partial charge in [-0.05, 0) is 38.1 Å². The van der Waals surface area contributed by atoms with Crippen molar-refractivity contribution in [2.75, 3.05) is 37.8 Å². The highest BCUT2D eigenvalue weighted by molar-refractivity contribution is 5.53. The van der Waals surface area contributed by atoms with Gasteiger partial charge >= 0.3 is 0 Å². The number of anilines is 2. The average molecular weight is 264 g/mol. The summed E-state index contributed by atoms with van der Waals surface area (Å²) in [4.78, 5) is 6.77. The molecule has 5 nitrogen and oxygen atoms in total. The van der Waals surface area contributed by atoms with E-state index in [4.69, 9.17) is 10.5 Å². The van der Waals surface area contributed by atoms with Gasteiger partial charge in [0.1, 0.15) is 5.82 Å². The van der Waals surface area contributed by atoms with Gasteiger partial charge in [0.25, 0.3) is 0 Å². The van der Waals surface area contributed by atoms with Crippen molar-refractivity contribution in [3.63, 3.8) is 0 Å². The maximum Gasteiger partial charge on any atom is 0.239 e. The molecule has 0 saturated carbocycles. The fourth-order valence-corrected chi connectivity index (χ4v) is 2.15. The molecule has 1 atom stereocenters. The molecule has 1 unspecified atom stereocenters. The summed E-state index contributed by atoms with van der Waals surface area (Å²) < 4.78 is 5.64. The second kappa shape index (κ2) is 6.10. The largest absolute Gasteiger partial charge is 0.476 e. The molecule has 1 saturated heterocycles. The van der Waals surface area contributed by atoms with E-state index in [0.29, 0.717) is 30.1 Å². The summed E-state index contributed by atoms with van der Waals surface area (Å²) in [5.41, 5.74) is 6.47. The van der Waals surface area contributed by atoms with Crippen LogP contribution in [0, 0.1) is 5.92 Å². The molecule has 1 aromatic heterocycles. The first-order valence-corrected chi connectivity index (χ1v) is 6.89. The molecule has 1 fully saturated rings. The van der Waals surface area contributed by atoms with Gasteiger partial charge in [-0.1, -0.05) is 13.8 Å². The van der Waals surface area contributed by atoms with Crippen molar-refractivity contribution in [1.29, 1.82) is 0 Å². The number of pyridine rings is 1. The van der Waals surface area contributed by atoms with E-state index in [2.05, 4.69) is 36.1 Å². The molecule has 0 aliphatic carbocycles. The third-order valence-electron chi connectivity index (χ3n) is 3.19. The van der Waals surface area contributed by atoms with E-state index in [1.165, 1.54) is 0 Å². The maximum absolute atomic E-state index is 5.88. The topological polar surface area (TPSA) is 63.4 Å². The van der Waals surface area contributed by atoms with E-state index in [1.807, 2.05) is 12.1 Å². The van der Waals surface area contributed by atoms with Gasteiger partial charge in [0, 0.05) is 12.6 Å². The predicted octanol–water partition coefficient (Wildman–Crippen LogP) is 1.81. The number of rotatable bonds is 5. The van der Waals surface area contributed by atoms with E-state index in [9.17, 15) is 0 Å². The summed E-state index contributed by atoms with van der Waals surface area (Å²) in [6, 6.07) is 4.22. The van der Waals surface area contributed by atoms with Crippen LogP contribution in [0.25, 0.3) is 0 Å². The number of hydrogen-bond acceptors (Lipinski definition) is 5. The van der Waals surface area contributed by atoms with Crippen molar-refractivity contribution >= 4 is 11.5 Å². The summed E-state index contributed by atoms with van der Waals surface area (Å²) in [6.07, 6.45) is 1.14. The average Bonchev–Trinajstić information content (AvgIpc) is 2.75. The Morgan fingerprint density at radius 2 is 2.32 bits per heavy atom. The Balaban J connectivity index is 1.99. The normalized spacial score (nSPS) is 19.9. The number of hydrogen-bond donors (Lipinski definition) is 2. The van der Waals surface area contributed by atoms with Gasteiger partial charge in [-0.25, -0.2) is 0 Å². The summed E-state index contributed by atoms with van der Waals surface area (Å²) in [7, 11) is 2.13. The van der Waals surface area contributed by atoms with E-state index in [-0.39, 0.29) is 0 Å². The molecule has 0 spiro atoms. The van der Waals surface area contributed by atoms with Crippen molar-refractivity contribution in [2.24, 2.45) is 5.92 Å². The molecule has 2 heterocycles. The van der Waals surface area contributed by atoms with Crippen LogP contribution in [0.1, 0.15) is 20.3 Å². The highest BCUT2D eigenvalue weighted by atomic mass is 16.5. The summed E-state index contributed by atoms with van der Waals surface area (Å²) in [6.45, 7) is 7.02. The van der Waals surface area contributed by atoms with E-state index in [0.717, 1.165) is 25.3 Å². The molecule has 19 heavy (non-hydrogen) atoms. The molecule has 1 aliphatic rings. The second-order valence-corrected chi connectivity index (χ2v) is 5.69. The van der Waals surface area contributed by atoms with Gasteiger partial charge in [0.15, 0.2) is 0 Å². The standard InChI is InChI=1S/C14H24N4O/c1-10(2)9-19-14-12(15)4-5-13(17-14)16-11-6-7-18(3)8-11/h4-5,10-11H,6-9,15H2,1-3H3,(H,16,17). The Morgan fingerprint density at radius 1 is 1.53 bits per heavy atom. The number of nitrogens with one attached hydrogen (secondary N) is 1. The van der Waals surface area contributed by atoms with Crippen LogP contribution < -0.4 is 15.8 Å². The van der Waals surface area contributed by atoms with Gasteiger partial charge in [-0.15, -0.1) is 0 Å². The number of nitrogen functional groups attached to an aromatic ring is 1. The minimum absolute atomic E-state index is 0.457.